The van der Waals surface area contributed by atoms with Crippen molar-refractivity contribution in [2.24, 2.45) is 5.92 Å². The fourth-order valence-electron chi connectivity index (χ4n) is 6.61. The van der Waals surface area contributed by atoms with Gasteiger partial charge in [0.25, 0.3) is 11.5 Å². The fourth-order valence-corrected chi connectivity index (χ4v) is 6.61. The molecule has 0 spiro atoms. The molecule has 0 atom stereocenters. The van der Waals surface area contributed by atoms with Crippen LogP contribution in [0.1, 0.15) is 58.7 Å². The van der Waals surface area contributed by atoms with E-state index in [9.17, 15) is 28.7 Å². The summed E-state index contributed by atoms with van der Waals surface area (Å²) < 4.78 is 20.8. The predicted molar refractivity (Wildman–Crippen MR) is 170 cm³/mol. The van der Waals surface area contributed by atoms with Crippen molar-refractivity contribution in [2.75, 3.05) is 6.54 Å². The predicted octanol–water partition coefficient (Wildman–Crippen LogP) is 5.08. The zero-order valence-corrected chi connectivity index (χ0v) is 25.7. The average molecular weight is 639 g/mol. The number of ketones is 1. The molecular weight excluding hydrogens is 603 g/mol. The lowest BCUT2D eigenvalue weighted by Crippen LogP contribution is -2.52. The van der Waals surface area contributed by atoms with Crippen LogP contribution in [0, 0.1) is 11.7 Å². The summed E-state index contributed by atoms with van der Waals surface area (Å²) in [5.41, 5.74) is 0.0932. The lowest BCUT2D eigenvalue weighted by molar-refractivity contribution is -0.117. The van der Waals surface area contributed by atoms with E-state index in [1.54, 1.807) is 0 Å². The lowest BCUT2D eigenvalue weighted by atomic mass is 9.76. The number of rotatable bonds is 11. The molecule has 2 amide bonds. The first-order valence-electron chi connectivity index (χ1n) is 15.6. The Bertz CT molecular complexity index is 1820. The maximum Gasteiger partial charge on any atom is 0.408 e. The highest BCUT2D eigenvalue weighted by atomic mass is 19.1. The first-order chi connectivity index (χ1) is 22.7. The number of hydrogen-bond donors (Lipinski definition) is 2. The molecule has 7 rings (SSSR count). The van der Waals surface area contributed by atoms with Crippen molar-refractivity contribution in [2.45, 2.75) is 57.3 Å². The highest BCUT2D eigenvalue weighted by molar-refractivity contribution is 5.97. The Morgan fingerprint density at radius 2 is 1.57 bits per heavy atom. The summed E-state index contributed by atoms with van der Waals surface area (Å²) in [5, 5.41) is 13.1. The van der Waals surface area contributed by atoms with Gasteiger partial charge in [0.05, 0.1) is 13.1 Å². The number of carbonyl (C=O) groups is 3. The van der Waals surface area contributed by atoms with E-state index in [1.807, 2.05) is 60.7 Å². The van der Waals surface area contributed by atoms with E-state index in [4.69, 9.17) is 9.72 Å². The Morgan fingerprint density at radius 3 is 2.21 bits per heavy atom. The third-order valence-electron chi connectivity index (χ3n) is 9.05. The van der Waals surface area contributed by atoms with Crippen LogP contribution in [0.25, 0.3) is 0 Å². The van der Waals surface area contributed by atoms with Crippen LogP contribution in [0.4, 0.5) is 9.18 Å². The van der Waals surface area contributed by atoms with E-state index >= 15 is 0 Å². The van der Waals surface area contributed by atoms with Gasteiger partial charge < -0.3 is 15.2 Å². The molecule has 4 aromatic rings. The largest absolute Gasteiger partial charge is 0.481 e. The van der Waals surface area contributed by atoms with Crippen molar-refractivity contribution in [1.82, 2.24) is 19.8 Å². The summed E-state index contributed by atoms with van der Waals surface area (Å²) in [7, 11) is 0. The number of hydrogen-bond acceptors (Lipinski definition) is 6. The van der Waals surface area contributed by atoms with Crippen LogP contribution in [-0.2, 0) is 36.5 Å². The van der Waals surface area contributed by atoms with Crippen molar-refractivity contribution in [1.29, 1.82) is 0 Å². The van der Waals surface area contributed by atoms with Gasteiger partial charge in [0.2, 0.25) is 5.75 Å². The molecule has 0 radical (unpaired) electrons. The first kappa shape index (κ1) is 31.7. The third-order valence-corrected chi connectivity index (χ3v) is 9.05. The van der Waals surface area contributed by atoms with Crippen LogP contribution >= 0.6 is 0 Å². The van der Waals surface area contributed by atoms with Crippen molar-refractivity contribution in [3.8, 4) is 5.75 Å². The summed E-state index contributed by atoms with van der Waals surface area (Å²) in [6.07, 6.45) is 1.05. The molecule has 11 heteroatoms. The summed E-state index contributed by atoms with van der Waals surface area (Å²) in [4.78, 5) is 59.9. The average Bonchev–Trinajstić information content (AvgIpc) is 3.34. The van der Waals surface area contributed by atoms with Crippen LogP contribution in [0.5, 0.6) is 5.75 Å². The van der Waals surface area contributed by atoms with Crippen LogP contribution in [0.3, 0.4) is 0 Å². The van der Waals surface area contributed by atoms with Crippen molar-refractivity contribution in [3.05, 3.63) is 129 Å². The van der Waals surface area contributed by atoms with E-state index < -0.39 is 28.9 Å². The monoisotopic (exact) mass is 638 g/mol. The minimum atomic E-state index is -1.17. The van der Waals surface area contributed by atoms with Gasteiger partial charge in [-0.05, 0) is 60.4 Å². The zero-order chi connectivity index (χ0) is 33.0. The van der Waals surface area contributed by atoms with E-state index in [0.29, 0.717) is 37.8 Å². The quantitative estimate of drug-likeness (QED) is 0.234. The Kier molecular flexibility index (Phi) is 9.15. The van der Waals surface area contributed by atoms with Crippen LogP contribution in [0.2, 0.25) is 0 Å². The highest BCUT2D eigenvalue weighted by Gasteiger charge is 2.50. The number of fused-ring (bicyclic) bond motifs is 2. The number of nitrogens with zero attached hydrogens (tertiary/aromatic N) is 3. The second-order valence-corrected chi connectivity index (χ2v) is 12.2. The molecule has 3 aromatic carbocycles. The lowest BCUT2D eigenvalue weighted by Gasteiger charge is -2.44. The van der Waals surface area contributed by atoms with E-state index in [2.05, 4.69) is 5.32 Å². The summed E-state index contributed by atoms with van der Waals surface area (Å²) in [5.74, 6) is -1.48. The molecule has 1 aromatic heterocycles. The highest BCUT2D eigenvalue weighted by Crippen LogP contribution is 2.47. The number of nitrogens with one attached hydrogen (secondary N) is 1. The Balaban J connectivity index is 1.38. The summed E-state index contributed by atoms with van der Waals surface area (Å²) in [6.45, 7) is 0.0193. The maximum atomic E-state index is 14.3. The van der Waals surface area contributed by atoms with Crippen molar-refractivity contribution in [3.63, 3.8) is 0 Å². The second-order valence-electron chi connectivity index (χ2n) is 12.2. The molecule has 242 valence electrons. The normalized spacial score (nSPS) is 18.1. The summed E-state index contributed by atoms with van der Waals surface area (Å²) in [6, 6.07) is 23.9. The van der Waals surface area contributed by atoms with Gasteiger partial charge in [-0.25, -0.2) is 14.2 Å². The molecular formula is C36H35FN4O6. The third kappa shape index (κ3) is 6.79. The maximum absolute atomic E-state index is 14.3. The number of benzene rings is 3. The fraction of sp³-hybridized carbons (Fsp3) is 0.306. The van der Waals surface area contributed by atoms with Gasteiger partial charge in [0.15, 0.2) is 11.5 Å². The van der Waals surface area contributed by atoms with E-state index in [1.165, 1.54) is 33.7 Å². The van der Waals surface area contributed by atoms with Crippen LogP contribution in [-0.4, -0.2) is 43.9 Å². The number of carbonyl (C=O) groups excluding carboxylic acids is 2. The molecule has 1 fully saturated rings. The number of amides is 2. The minimum Gasteiger partial charge on any atom is -0.481 e. The Morgan fingerprint density at radius 1 is 0.936 bits per heavy atom. The smallest absolute Gasteiger partial charge is 0.408 e. The van der Waals surface area contributed by atoms with Crippen molar-refractivity contribution < 1.29 is 28.6 Å². The zero-order valence-electron chi connectivity index (χ0n) is 25.7. The molecule has 3 heterocycles. The summed E-state index contributed by atoms with van der Waals surface area (Å²) >= 11 is 0. The SMILES string of the molecule is O=C(CNC(=O)c1nc2n(c(=O)c1OCc1ccccc1)CC1CCC2(N(Cc2ccccc2)C(=O)O)CC1)Cc1ccc(F)cc1. The molecule has 2 N–H and O–H groups in total. The molecule has 2 aliphatic heterocycles. The van der Waals surface area contributed by atoms with Gasteiger partial charge in [0.1, 0.15) is 23.8 Å². The molecule has 0 saturated heterocycles. The van der Waals surface area contributed by atoms with E-state index in [0.717, 1.165) is 11.1 Å². The van der Waals surface area contributed by atoms with Crippen LogP contribution < -0.4 is 15.6 Å². The van der Waals surface area contributed by atoms with E-state index in [-0.39, 0.29) is 55.1 Å². The van der Waals surface area contributed by atoms with Gasteiger partial charge >= 0.3 is 6.09 Å². The number of aromatic nitrogens is 2. The molecule has 47 heavy (non-hydrogen) atoms. The van der Waals surface area contributed by atoms with Gasteiger partial charge in [0, 0.05) is 13.0 Å². The Labute approximate surface area is 270 Å². The van der Waals surface area contributed by atoms with Gasteiger partial charge in [-0.1, -0.05) is 72.8 Å². The number of ether oxygens (including phenoxy) is 1. The molecule has 1 aliphatic carbocycles. The van der Waals surface area contributed by atoms with Crippen LogP contribution in [0.15, 0.2) is 89.7 Å². The van der Waals surface area contributed by atoms with Gasteiger partial charge in [-0.2, -0.15) is 0 Å². The number of carboxylic acid groups (broad SMARTS) is 1. The minimum absolute atomic E-state index is 0.00921. The molecule has 10 nitrogen and oxygen atoms in total. The van der Waals surface area contributed by atoms with Gasteiger partial charge in [-0.15, -0.1) is 0 Å². The van der Waals surface area contributed by atoms with Gasteiger partial charge in [-0.3, -0.25) is 23.9 Å². The molecule has 1 saturated carbocycles. The molecule has 2 bridgehead atoms. The Hall–Kier alpha value is -5.32. The second kappa shape index (κ2) is 13.6. The topological polar surface area (TPSA) is 131 Å². The first-order valence-corrected chi connectivity index (χ1v) is 15.6. The molecule has 3 aliphatic rings. The standard InChI is InChI=1S/C36H35FN4O6/c37-28-13-11-24(12-14-28)19-29(42)20-38-32(43)30-31(47-23-27-9-5-2-6-10-27)33(44)40-21-26-15-17-36(18-16-26,34(40)39-30)41(35(45)46)22-25-7-3-1-4-8-25/h1-14,26H,15-23H2,(H,38,43)(H,45,46). The number of Topliss-reactive ketones (excluding diaryl/α,β-unsaturated/α-hetero) is 1. The number of halogens is 1. The molecule has 0 unspecified atom stereocenters. The van der Waals surface area contributed by atoms with Crippen molar-refractivity contribution >= 4 is 17.8 Å².